The van der Waals surface area contributed by atoms with Gasteiger partial charge in [0.2, 0.25) is 17.8 Å². The Morgan fingerprint density at radius 2 is 1.90 bits per heavy atom. The number of aromatic nitrogens is 2. The van der Waals surface area contributed by atoms with Crippen LogP contribution in [-0.4, -0.2) is 91.0 Å². The second kappa shape index (κ2) is 10.9. The topological polar surface area (TPSA) is 119 Å². The van der Waals surface area contributed by atoms with Crippen molar-refractivity contribution in [2.24, 2.45) is 4.99 Å². The summed E-state index contributed by atoms with van der Waals surface area (Å²) in [6.07, 6.45) is 2.74. The fourth-order valence-electron chi connectivity index (χ4n) is 5.13. The third kappa shape index (κ3) is 5.05. The standard InChI is InChI=1S/C29H31N9O3/c1-4-25(39)32-19-6-5-7-21(16-19)38-26-22(27(40)37-11-10-30-29(37)38)18-31-28(34-26)33-23-9-8-20(17-24(23)41-3)36-14-12-35(2)13-15-36/h4-9,16-18H,1,10-15H2,2-3H3,(H,32,39)(H,31,33,34). The molecule has 3 aromatic rings. The Kier molecular flexibility index (Phi) is 6.98. The number of aliphatic imine (C=N–C) groups is 1. The normalized spacial score (nSPS) is 16.6. The van der Waals surface area contributed by atoms with E-state index in [1.165, 1.54) is 12.3 Å². The number of piperazine rings is 1. The number of fused-ring (bicyclic) bond motifs is 2. The minimum atomic E-state index is -0.322. The lowest BCUT2D eigenvalue weighted by atomic mass is 10.1. The van der Waals surface area contributed by atoms with Crippen molar-refractivity contribution in [2.75, 3.05) is 73.9 Å². The number of anilines is 6. The van der Waals surface area contributed by atoms with Gasteiger partial charge in [-0.25, -0.2) is 4.98 Å². The number of guanidine groups is 1. The van der Waals surface area contributed by atoms with Gasteiger partial charge in [-0.15, -0.1) is 0 Å². The molecule has 12 heteroatoms. The number of carbonyl (C=O) groups excluding carboxylic acids is 2. The van der Waals surface area contributed by atoms with Crippen molar-refractivity contribution in [3.8, 4) is 5.75 Å². The van der Waals surface area contributed by atoms with Crippen LogP contribution in [0.5, 0.6) is 5.75 Å². The minimum absolute atomic E-state index is 0.204. The van der Waals surface area contributed by atoms with Crippen LogP contribution in [-0.2, 0) is 4.79 Å². The summed E-state index contributed by atoms with van der Waals surface area (Å²) in [5, 5.41) is 6.05. The van der Waals surface area contributed by atoms with E-state index in [4.69, 9.17) is 9.72 Å². The first-order chi connectivity index (χ1) is 19.9. The van der Waals surface area contributed by atoms with E-state index >= 15 is 0 Å². The Hall–Kier alpha value is -4.97. The Bertz CT molecular complexity index is 1550. The second-order valence-electron chi connectivity index (χ2n) is 9.95. The zero-order valence-corrected chi connectivity index (χ0v) is 23.0. The lowest BCUT2D eigenvalue weighted by Gasteiger charge is -2.35. The highest BCUT2D eigenvalue weighted by Crippen LogP contribution is 2.37. The first-order valence-electron chi connectivity index (χ1n) is 13.4. The number of benzene rings is 2. The highest BCUT2D eigenvalue weighted by atomic mass is 16.5. The average molecular weight is 554 g/mol. The van der Waals surface area contributed by atoms with Gasteiger partial charge < -0.3 is 25.2 Å². The molecule has 0 spiro atoms. The van der Waals surface area contributed by atoms with Gasteiger partial charge in [-0.1, -0.05) is 12.6 Å². The molecule has 0 bridgehead atoms. The molecule has 3 aliphatic heterocycles. The minimum Gasteiger partial charge on any atom is -0.494 e. The summed E-state index contributed by atoms with van der Waals surface area (Å²) in [5.74, 6) is 1.31. The maximum Gasteiger partial charge on any atom is 0.266 e. The third-order valence-electron chi connectivity index (χ3n) is 7.33. The fourth-order valence-corrected chi connectivity index (χ4v) is 5.13. The van der Waals surface area contributed by atoms with Crippen molar-refractivity contribution >= 4 is 52.3 Å². The average Bonchev–Trinajstić information content (AvgIpc) is 3.48. The van der Waals surface area contributed by atoms with Crippen molar-refractivity contribution in [3.63, 3.8) is 0 Å². The summed E-state index contributed by atoms with van der Waals surface area (Å²) < 4.78 is 5.71. The molecule has 0 atom stereocenters. The molecule has 41 heavy (non-hydrogen) atoms. The van der Waals surface area contributed by atoms with E-state index in [-0.39, 0.29) is 11.8 Å². The first-order valence-corrected chi connectivity index (χ1v) is 13.4. The summed E-state index contributed by atoms with van der Waals surface area (Å²) in [6.45, 7) is 8.37. The van der Waals surface area contributed by atoms with E-state index in [9.17, 15) is 9.59 Å². The lowest BCUT2D eigenvalue weighted by Crippen LogP contribution is -2.48. The first kappa shape index (κ1) is 26.3. The van der Waals surface area contributed by atoms with Gasteiger partial charge in [-0.2, -0.15) is 4.98 Å². The SMILES string of the molecule is C=CC(=O)Nc1cccc(N2C3=NCCN3C(=O)c3cnc(Nc4ccc(N5CCN(C)CC5)cc4OC)nc32)c1. The molecular formula is C29H31N9O3. The smallest absolute Gasteiger partial charge is 0.266 e. The number of hydrogen-bond donors (Lipinski definition) is 2. The molecule has 0 saturated carbocycles. The number of hydrogen-bond acceptors (Lipinski definition) is 10. The van der Waals surface area contributed by atoms with Crippen LogP contribution in [0.15, 0.2) is 66.3 Å². The predicted octanol–water partition coefficient (Wildman–Crippen LogP) is 3.07. The molecule has 12 nitrogen and oxygen atoms in total. The van der Waals surface area contributed by atoms with Crippen LogP contribution in [0.25, 0.3) is 0 Å². The van der Waals surface area contributed by atoms with E-state index < -0.39 is 0 Å². The van der Waals surface area contributed by atoms with Crippen LogP contribution in [0, 0.1) is 0 Å². The molecule has 4 heterocycles. The largest absolute Gasteiger partial charge is 0.494 e. The number of likely N-dealkylation sites (N-methyl/N-ethyl adjacent to an activating group) is 1. The quantitative estimate of drug-likeness (QED) is 0.426. The molecule has 2 amide bonds. The molecule has 3 aliphatic rings. The second-order valence-corrected chi connectivity index (χ2v) is 9.95. The van der Waals surface area contributed by atoms with E-state index in [2.05, 4.69) is 50.1 Å². The van der Waals surface area contributed by atoms with Gasteiger partial charge in [0.05, 0.1) is 25.0 Å². The van der Waals surface area contributed by atoms with Crippen LogP contribution in [0.3, 0.4) is 0 Å². The zero-order valence-electron chi connectivity index (χ0n) is 23.0. The van der Waals surface area contributed by atoms with Gasteiger partial charge in [0.15, 0.2) is 5.82 Å². The highest BCUT2D eigenvalue weighted by Gasteiger charge is 2.40. The molecule has 1 fully saturated rings. The number of nitrogens with one attached hydrogen (secondary N) is 2. The molecule has 0 aliphatic carbocycles. The van der Waals surface area contributed by atoms with Gasteiger partial charge in [0.1, 0.15) is 11.3 Å². The maximum absolute atomic E-state index is 13.3. The lowest BCUT2D eigenvalue weighted by molar-refractivity contribution is -0.111. The van der Waals surface area contributed by atoms with Gasteiger partial charge in [0, 0.05) is 56.4 Å². The van der Waals surface area contributed by atoms with Crippen LogP contribution >= 0.6 is 0 Å². The van der Waals surface area contributed by atoms with Crippen molar-refractivity contribution in [2.45, 2.75) is 0 Å². The summed E-state index contributed by atoms with van der Waals surface area (Å²) in [4.78, 5) is 47.2. The zero-order chi connectivity index (χ0) is 28.5. The molecule has 2 N–H and O–H groups in total. The summed E-state index contributed by atoms with van der Waals surface area (Å²) in [5.41, 5.74) is 3.41. The van der Waals surface area contributed by atoms with E-state index in [0.717, 1.165) is 31.9 Å². The maximum atomic E-state index is 13.3. The number of amides is 2. The highest BCUT2D eigenvalue weighted by molar-refractivity contribution is 6.21. The molecule has 6 rings (SSSR count). The Morgan fingerprint density at radius 1 is 1.07 bits per heavy atom. The molecule has 210 valence electrons. The van der Waals surface area contributed by atoms with Gasteiger partial charge in [-0.05, 0) is 43.5 Å². The Labute approximate surface area is 237 Å². The van der Waals surface area contributed by atoms with Crippen molar-refractivity contribution in [1.29, 1.82) is 0 Å². The van der Waals surface area contributed by atoms with Crippen molar-refractivity contribution in [3.05, 3.63) is 66.9 Å². The number of nitrogens with zero attached hydrogens (tertiary/aromatic N) is 7. The van der Waals surface area contributed by atoms with Crippen LogP contribution in [0.4, 0.5) is 34.5 Å². The van der Waals surface area contributed by atoms with E-state index in [1.54, 1.807) is 24.1 Å². The number of rotatable bonds is 7. The van der Waals surface area contributed by atoms with Gasteiger partial charge in [-0.3, -0.25) is 24.4 Å². The molecule has 1 saturated heterocycles. The van der Waals surface area contributed by atoms with Crippen molar-refractivity contribution in [1.82, 2.24) is 19.8 Å². The summed E-state index contributed by atoms with van der Waals surface area (Å²) >= 11 is 0. The summed E-state index contributed by atoms with van der Waals surface area (Å²) in [6, 6.07) is 13.3. The van der Waals surface area contributed by atoms with E-state index in [0.29, 0.717) is 59.2 Å². The number of methoxy groups -OCH3 is 1. The molecule has 0 radical (unpaired) electrons. The summed E-state index contributed by atoms with van der Waals surface area (Å²) in [7, 11) is 3.76. The molecule has 2 aromatic carbocycles. The molecular weight excluding hydrogens is 522 g/mol. The monoisotopic (exact) mass is 553 g/mol. The van der Waals surface area contributed by atoms with Gasteiger partial charge in [0.25, 0.3) is 5.91 Å². The van der Waals surface area contributed by atoms with Crippen molar-refractivity contribution < 1.29 is 14.3 Å². The Morgan fingerprint density at radius 3 is 2.68 bits per heavy atom. The van der Waals surface area contributed by atoms with Crippen LogP contribution in [0.2, 0.25) is 0 Å². The molecule has 0 unspecified atom stereocenters. The van der Waals surface area contributed by atoms with E-state index in [1.807, 2.05) is 29.2 Å². The fraction of sp³-hybridized carbons (Fsp3) is 0.276. The van der Waals surface area contributed by atoms with Crippen LogP contribution in [0.1, 0.15) is 10.4 Å². The number of carbonyl (C=O) groups is 2. The Balaban J connectivity index is 1.34. The predicted molar refractivity (Wildman–Crippen MR) is 159 cm³/mol. The third-order valence-corrected chi connectivity index (χ3v) is 7.33. The van der Waals surface area contributed by atoms with Crippen LogP contribution < -0.4 is 25.2 Å². The van der Waals surface area contributed by atoms with Gasteiger partial charge >= 0.3 is 0 Å². The number of ether oxygens (including phenoxy) is 1. The molecule has 1 aromatic heterocycles.